The van der Waals surface area contributed by atoms with Gasteiger partial charge in [0.05, 0.1) is 6.61 Å². The number of hydrogen-bond acceptors (Lipinski definition) is 8. The highest BCUT2D eigenvalue weighted by Crippen LogP contribution is 2.28. The summed E-state index contributed by atoms with van der Waals surface area (Å²) in [7, 11) is 0. The van der Waals surface area contributed by atoms with Crippen molar-refractivity contribution in [2.24, 2.45) is 0 Å². The minimum absolute atomic E-state index is 0.338. The van der Waals surface area contributed by atoms with Gasteiger partial charge in [-0.15, -0.1) is 0 Å². The van der Waals surface area contributed by atoms with Gasteiger partial charge in [-0.1, -0.05) is 12.1 Å². The van der Waals surface area contributed by atoms with Crippen molar-refractivity contribution >= 4 is 17.9 Å². The lowest BCUT2D eigenvalue weighted by molar-refractivity contribution is -0.165. The van der Waals surface area contributed by atoms with Crippen LogP contribution in [0.2, 0.25) is 0 Å². The fourth-order valence-electron chi connectivity index (χ4n) is 2.88. The van der Waals surface area contributed by atoms with E-state index >= 15 is 0 Å². The maximum Gasteiger partial charge on any atom is 0.349 e. The molecule has 1 aromatic carbocycles. The van der Waals surface area contributed by atoms with E-state index in [2.05, 4.69) is 11.4 Å². The zero-order valence-corrected chi connectivity index (χ0v) is 17.9. The molecule has 5 N–H and O–H groups in total. The minimum Gasteiger partial charge on any atom is -0.479 e. The second-order valence-corrected chi connectivity index (χ2v) is 7.51. The lowest BCUT2D eigenvalue weighted by atomic mass is 9.91. The largest absolute Gasteiger partial charge is 0.479 e. The molecule has 0 radical (unpaired) electrons. The molecule has 0 aliphatic carbocycles. The van der Waals surface area contributed by atoms with Crippen LogP contribution < -0.4 is 10.1 Å². The van der Waals surface area contributed by atoms with Crippen LogP contribution >= 0.6 is 0 Å². The highest BCUT2D eigenvalue weighted by Gasteiger charge is 2.32. The summed E-state index contributed by atoms with van der Waals surface area (Å²) in [5.41, 5.74) is 0.291. The number of aliphatic hydroxyl groups is 2. The number of carbonyl (C=O) groups is 3. The Hall–Kier alpha value is -2.69. The minimum atomic E-state index is -2.27. The van der Waals surface area contributed by atoms with Crippen molar-refractivity contribution in [2.45, 2.75) is 57.3 Å². The number of esters is 1. The van der Waals surface area contributed by atoms with Gasteiger partial charge in [0.25, 0.3) is 0 Å². The Labute approximate surface area is 180 Å². The Bertz CT molecular complexity index is 726. The van der Waals surface area contributed by atoms with E-state index < -0.39 is 29.7 Å². The quantitative estimate of drug-likeness (QED) is 0.364. The number of carboxylic acids is 2. The third-order valence-electron chi connectivity index (χ3n) is 4.57. The van der Waals surface area contributed by atoms with E-state index in [0.29, 0.717) is 12.5 Å². The molecular formula is C21H31NO9. The molecule has 1 aromatic rings. The number of nitrogens with one attached hydrogen (secondary N) is 1. The van der Waals surface area contributed by atoms with Crippen LogP contribution in [0.4, 0.5) is 0 Å². The number of hydrogen-bond donors (Lipinski definition) is 5. The van der Waals surface area contributed by atoms with Gasteiger partial charge in [0, 0.05) is 6.54 Å². The molecule has 174 valence electrons. The first-order chi connectivity index (χ1) is 14.5. The molecule has 0 bridgehead atoms. The van der Waals surface area contributed by atoms with E-state index in [0.717, 1.165) is 18.8 Å². The third-order valence-corrected chi connectivity index (χ3v) is 4.57. The number of carboxylic acid groups (broad SMARTS) is 2. The SMILES string of the molecule is CCOC(=O)C(C)(C)Oc1cccc(C2CCCNC2)c1.O=C(O)C(O)C(O)C(=O)O. The van der Waals surface area contributed by atoms with Crippen LogP contribution in [0.25, 0.3) is 0 Å². The van der Waals surface area contributed by atoms with E-state index in [1.165, 1.54) is 18.4 Å². The molecule has 0 aromatic heterocycles. The molecule has 31 heavy (non-hydrogen) atoms. The molecule has 10 heteroatoms. The Morgan fingerprint density at radius 1 is 1.16 bits per heavy atom. The first-order valence-corrected chi connectivity index (χ1v) is 9.98. The maximum absolute atomic E-state index is 11.9. The van der Waals surface area contributed by atoms with Crippen molar-refractivity contribution in [1.82, 2.24) is 5.32 Å². The van der Waals surface area contributed by atoms with Crippen molar-refractivity contribution in [1.29, 1.82) is 0 Å². The Balaban J connectivity index is 0.000000407. The van der Waals surface area contributed by atoms with E-state index in [1.807, 2.05) is 18.2 Å². The van der Waals surface area contributed by atoms with Crippen molar-refractivity contribution in [2.75, 3.05) is 19.7 Å². The molecule has 0 saturated carbocycles. The first-order valence-electron chi connectivity index (χ1n) is 9.98. The number of aliphatic hydroxyl groups excluding tert-OH is 2. The molecule has 3 atom stereocenters. The van der Waals surface area contributed by atoms with Crippen LogP contribution in [0.15, 0.2) is 24.3 Å². The second kappa shape index (κ2) is 12.2. The Morgan fingerprint density at radius 3 is 2.26 bits per heavy atom. The van der Waals surface area contributed by atoms with Gasteiger partial charge in [-0.25, -0.2) is 14.4 Å². The monoisotopic (exact) mass is 441 g/mol. The average Bonchev–Trinajstić information content (AvgIpc) is 2.73. The number of ether oxygens (including phenoxy) is 2. The fraction of sp³-hybridized carbons (Fsp3) is 0.571. The fourth-order valence-corrected chi connectivity index (χ4v) is 2.88. The van der Waals surface area contributed by atoms with Crippen LogP contribution in [0, 0.1) is 0 Å². The molecule has 10 nitrogen and oxygen atoms in total. The number of carbonyl (C=O) groups excluding carboxylic acids is 1. The third kappa shape index (κ3) is 8.52. The highest BCUT2D eigenvalue weighted by atomic mass is 16.6. The summed E-state index contributed by atoms with van der Waals surface area (Å²) in [6.45, 7) is 7.73. The van der Waals surface area contributed by atoms with E-state index in [1.54, 1.807) is 20.8 Å². The maximum atomic E-state index is 11.9. The molecule has 1 aliphatic heterocycles. The summed E-state index contributed by atoms with van der Waals surface area (Å²) in [4.78, 5) is 31.4. The van der Waals surface area contributed by atoms with Crippen LogP contribution in [0.1, 0.15) is 45.1 Å². The Kier molecular flexibility index (Phi) is 10.4. The van der Waals surface area contributed by atoms with E-state index in [9.17, 15) is 14.4 Å². The summed E-state index contributed by atoms with van der Waals surface area (Å²) >= 11 is 0. The molecule has 0 spiro atoms. The summed E-state index contributed by atoms with van der Waals surface area (Å²) in [6, 6.07) is 8.04. The van der Waals surface area contributed by atoms with Crippen molar-refractivity contribution in [3.05, 3.63) is 29.8 Å². The molecule has 0 amide bonds. The number of rotatable bonds is 8. The van der Waals surface area contributed by atoms with E-state index in [-0.39, 0.29) is 5.97 Å². The normalized spacial score (nSPS) is 18.0. The molecule has 3 unspecified atom stereocenters. The van der Waals surface area contributed by atoms with Gasteiger partial charge in [0.2, 0.25) is 0 Å². The van der Waals surface area contributed by atoms with Gasteiger partial charge >= 0.3 is 17.9 Å². The van der Waals surface area contributed by atoms with Crippen LogP contribution in [0.5, 0.6) is 5.75 Å². The van der Waals surface area contributed by atoms with Crippen LogP contribution in [-0.2, 0) is 19.1 Å². The topological polar surface area (TPSA) is 163 Å². The van der Waals surface area contributed by atoms with Gasteiger partial charge in [-0.05, 0) is 63.8 Å². The van der Waals surface area contributed by atoms with Gasteiger partial charge in [0.1, 0.15) is 5.75 Å². The summed E-state index contributed by atoms with van der Waals surface area (Å²) in [6.07, 6.45) is -2.14. The first kappa shape index (κ1) is 26.3. The van der Waals surface area contributed by atoms with Gasteiger partial charge in [-0.3, -0.25) is 0 Å². The van der Waals surface area contributed by atoms with Crippen molar-refractivity contribution in [3.8, 4) is 5.75 Å². The van der Waals surface area contributed by atoms with Crippen molar-refractivity contribution < 1.29 is 44.3 Å². The molecule has 1 heterocycles. The van der Waals surface area contributed by atoms with Gasteiger partial charge < -0.3 is 35.2 Å². The standard InChI is InChI=1S/C17H25NO3.C4H6O6/c1-4-20-16(19)17(2,3)21-15-9-5-7-13(11-15)14-8-6-10-18-12-14;5-1(3(7)8)2(6)4(9)10/h5,7,9,11,14,18H,4,6,8,10,12H2,1-3H3;1-2,5-6H,(H,7,8)(H,9,10). The summed E-state index contributed by atoms with van der Waals surface area (Å²) in [5, 5.41) is 35.9. The molecule has 1 saturated heterocycles. The molecule has 1 fully saturated rings. The average molecular weight is 441 g/mol. The summed E-state index contributed by atoms with van der Waals surface area (Å²) < 4.78 is 10.9. The summed E-state index contributed by atoms with van der Waals surface area (Å²) in [5.74, 6) is -2.64. The Morgan fingerprint density at radius 2 is 1.77 bits per heavy atom. The van der Waals surface area contributed by atoms with Gasteiger partial charge in [-0.2, -0.15) is 0 Å². The van der Waals surface area contributed by atoms with Crippen LogP contribution in [0.3, 0.4) is 0 Å². The predicted octanol–water partition coefficient (Wildman–Crippen LogP) is 0.751. The zero-order chi connectivity index (χ0) is 23.6. The number of aliphatic carboxylic acids is 2. The van der Waals surface area contributed by atoms with E-state index in [4.69, 9.17) is 29.9 Å². The number of piperidine rings is 1. The smallest absolute Gasteiger partial charge is 0.349 e. The number of benzene rings is 1. The van der Waals surface area contributed by atoms with Crippen molar-refractivity contribution in [3.63, 3.8) is 0 Å². The lowest BCUT2D eigenvalue weighted by Crippen LogP contribution is -2.39. The lowest BCUT2D eigenvalue weighted by Gasteiger charge is -2.26. The molecular weight excluding hydrogens is 410 g/mol. The second-order valence-electron chi connectivity index (χ2n) is 7.51. The highest BCUT2D eigenvalue weighted by molar-refractivity contribution is 5.83. The molecule has 1 aliphatic rings. The molecule has 2 rings (SSSR count). The van der Waals surface area contributed by atoms with Gasteiger partial charge in [0.15, 0.2) is 17.8 Å². The predicted molar refractivity (Wildman–Crippen MR) is 110 cm³/mol. The zero-order valence-electron chi connectivity index (χ0n) is 17.9. The van der Waals surface area contributed by atoms with Crippen LogP contribution in [-0.4, -0.2) is 75.8 Å².